The van der Waals surface area contributed by atoms with Gasteiger partial charge in [0.2, 0.25) is 5.16 Å². The number of thioether (sulfide) groups is 1. The first-order valence-corrected chi connectivity index (χ1v) is 7.68. The van der Waals surface area contributed by atoms with Gasteiger partial charge in [-0.1, -0.05) is 23.9 Å². The molecule has 0 atom stereocenters. The molecule has 10 heteroatoms. The molecule has 0 aliphatic heterocycles. The van der Waals surface area contributed by atoms with Crippen LogP contribution in [0.1, 0.15) is 18.1 Å². The lowest BCUT2D eigenvalue weighted by Crippen LogP contribution is -2.21. The van der Waals surface area contributed by atoms with Crippen molar-refractivity contribution in [2.75, 3.05) is 11.6 Å². The zero-order chi connectivity index (χ0) is 16.4. The Hall–Kier alpha value is -2.23. The first-order chi connectivity index (χ1) is 10.9. The van der Waals surface area contributed by atoms with Crippen molar-refractivity contribution in [1.82, 2.24) is 19.9 Å². The molecule has 2 heterocycles. The topological polar surface area (TPSA) is 82.8 Å². The molecule has 0 spiro atoms. The van der Waals surface area contributed by atoms with Gasteiger partial charge >= 0.3 is 6.18 Å². The Balaban J connectivity index is 1.55. The molecule has 1 aromatic carbocycles. The number of hydrogen-bond donors (Lipinski definition) is 1. The number of halogens is 3. The molecule has 0 bridgehead atoms. The van der Waals surface area contributed by atoms with Crippen molar-refractivity contribution in [3.8, 4) is 0 Å². The molecule has 0 aliphatic carbocycles. The summed E-state index contributed by atoms with van der Waals surface area (Å²) in [5, 5.41) is 6.54. The van der Waals surface area contributed by atoms with Crippen LogP contribution in [0.5, 0.6) is 0 Å². The Bertz CT molecular complexity index is 780. The molecule has 0 aliphatic rings. The highest BCUT2D eigenvalue weighted by Gasteiger charge is 2.38. The fourth-order valence-corrected chi connectivity index (χ4v) is 2.78. The van der Waals surface area contributed by atoms with E-state index in [0.29, 0.717) is 34.7 Å². The van der Waals surface area contributed by atoms with Crippen molar-refractivity contribution in [3.05, 3.63) is 36.0 Å². The van der Waals surface area contributed by atoms with Crippen LogP contribution in [-0.2, 0) is 12.6 Å². The van der Waals surface area contributed by atoms with E-state index in [0.717, 1.165) is 17.3 Å². The number of para-hydroxylation sites is 2. The summed E-state index contributed by atoms with van der Waals surface area (Å²) in [6.45, 7) is 0. The molecule has 0 radical (unpaired) electrons. The van der Waals surface area contributed by atoms with Gasteiger partial charge in [0.1, 0.15) is 5.52 Å². The third-order valence-electron chi connectivity index (χ3n) is 3.02. The van der Waals surface area contributed by atoms with Crippen LogP contribution in [0.15, 0.2) is 33.8 Å². The van der Waals surface area contributed by atoms with Crippen LogP contribution < -0.4 is 5.84 Å². The van der Waals surface area contributed by atoms with Crippen LogP contribution in [-0.4, -0.2) is 25.6 Å². The molecule has 122 valence electrons. The highest BCUT2D eigenvalue weighted by atomic mass is 32.2. The molecule has 0 fully saturated rings. The van der Waals surface area contributed by atoms with Gasteiger partial charge in [-0.25, -0.2) is 9.66 Å². The van der Waals surface area contributed by atoms with Crippen LogP contribution in [0.4, 0.5) is 13.2 Å². The van der Waals surface area contributed by atoms with Gasteiger partial charge in [0.15, 0.2) is 11.5 Å². The number of nitrogens with two attached hydrogens (primary N) is 1. The van der Waals surface area contributed by atoms with E-state index < -0.39 is 12.0 Å². The minimum atomic E-state index is -4.61. The summed E-state index contributed by atoms with van der Waals surface area (Å²) in [6, 6.07) is 7.42. The number of oxazole rings is 1. The van der Waals surface area contributed by atoms with Crippen LogP contribution in [0.25, 0.3) is 11.1 Å². The predicted octanol–water partition coefficient (Wildman–Crippen LogP) is 2.88. The number of benzene rings is 1. The van der Waals surface area contributed by atoms with E-state index in [1.54, 1.807) is 0 Å². The lowest BCUT2D eigenvalue weighted by Gasteiger charge is -2.05. The second-order valence-electron chi connectivity index (χ2n) is 4.70. The maximum Gasteiger partial charge on any atom is 0.453 e. The van der Waals surface area contributed by atoms with E-state index in [1.807, 2.05) is 24.3 Å². The molecular weight excluding hydrogens is 331 g/mol. The molecule has 0 saturated heterocycles. The first-order valence-electron chi connectivity index (χ1n) is 6.70. The average Bonchev–Trinajstić information content (AvgIpc) is 3.06. The molecule has 0 amide bonds. The summed E-state index contributed by atoms with van der Waals surface area (Å²) >= 11 is 1.11. The zero-order valence-electron chi connectivity index (χ0n) is 11.7. The smallest absolute Gasteiger partial charge is 0.441 e. The number of alkyl halides is 3. The predicted molar refractivity (Wildman–Crippen MR) is 78.2 cm³/mol. The Morgan fingerprint density at radius 1 is 1.22 bits per heavy atom. The highest BCUT2D eigenvalue weighted by Crippen LogP contribution is 2.29. The molecule has 6 nitrogen and oxygen atoms in total. The number of nitrogens with zero attached hydrogens (tertiary/aromatic N) is 4. The number of aryl methyl sites for hydroxylation is 1. The lowest BCUT2D eigenvalue weighted by molar-refractivity contribution is -0.146. The summed E-state index contributed by atoms with van der Waals surface area (Å²) in [5.74, 6) is 5.26. The van der Waals surface area contributed by atoms with E-state index in [-0.39, 0.29) is 5.16 Å². The molecule has 23 heavy (non-hydrogen) atoms. The number of fused-ring (bicyclic) bond motifs is 1. The molecule has 0 unspecified atom stereocenters. The summed E-state index contributed by atoms with van der Waals surface area (Å²) in [4.78, 5) is 4.33. The molecule has 3 rings (SSSR count). The maximum absolute atomic E-state index is 12.5. The third kappa shape index (κ3) is 3.41. The molecule has 0 saturated carbocycles. The van der Waals surface area contributed by atoms with Gasteiger partial charge in [-0.3, -0.25) is 0 Å². The standard InChI is InChI=1S/C13H12F3N5OS/c14-13(15,16)11-19-20-12(21(11)17)23-7-3-6-10-18-8-4-1-2-5-9(8)22-10/h1-2,4-5H,3,6-7,17H2. The largest absolute Gasteiger partial charge is 0.453 e. The normalized spacial score (nSPS) is 12.1. The fourth-order valence-electron chi connectivity index (χ4n) is 1.98. The minimum absolute atomic E-state index is 0.0230. The Morgan fingerprint density at radius 2 is 2.00 bits per heavy atom. The van der Waals surface area contributed by atoms with Crippen LogP contribution >= 0.6 is 11.8 Å². The van der Waals surface area contributed by atoms with Crippen LogP contribution in [0, 0.1) is 0 Å². The SMILES string of the molecule is Nn1c(SCCCc2nc3ccccc3o2)nnc1C(F)(F)F. The van der Waals surface area contributed by atoms with E-state index in [4.69, 9.17) is 10.3 Å². The van der Waals surface area contributed by atoms with Crippen molar-refractivity contribution >= 4 is 22.9 Å². The summed E-state index contributed by atoms with van der Waals surface area (Å²) < 4.78 is 43.6. The van der Waals surface area contributed by atoms with Gasteiger partial charge in [0, 0.05) is 12.2 Å². The van der Waals surface area contributed by atoms with Gasteiger partial charge < -0.3 is 10.3 Å². The quantitative estimate of drug-likeness (QED) is 0.436. The molecular formula is C13H12F3N5OS. The van der Waals surface area contributed by atoms with Gasteiger partial charge in [-0.05, 0) is 18.6 Å². The maximum atomic E-state index is 12.5. The van der Waals surface area contributed by atoms with Gasteiger partial charge in [-0.2, -0.15) is 13.2 Å². The van der Waals surface area contributed by atoms with Crippen molar-refractivity contribution in [3.63, 3.8) is 0 Å². The highest BCUT2D eigenvalue weighted by molar-refractivity contribution is 7.99. The monoisotopic (exact) mass is 343 g/mol. The fraction of sp³-hybridized carbons (Fsp3) is 0.308. The number of rotatable bonds is 5. The van der Waals surface area contributed by atoms with E-state index >= 15 is 0 Å². The van der Waals surface area contributed by atoms with E-state index in [9.17, 15) is 13.2 Å². The Labute approximate surface area is 132 Å². The Morgan fingerprint density at radius 3 is 2.70 bits per heavy atom. The number of aromatic nitrogens is 4. The third-order valence-corrected chi connectivity index (χ3v) is 4.05. The van der Waals surface area contributed by atoms with Crippen molar-refractivity contribution < 1.29 is 17.6 Å². The first kappa shape index (κ1) is 15.7. The summed E-state index contributed by atoms with van der Waals surface area (Å²) in [7, 11) is 0. The van der Waals surface area contributed by atoms with Crippen molar-refractivity contribution in [2.24, 2.45) is 0 Å². The van der Waals surface area contributed by atoms with Crippen LogP contribution in [0.2, 0.25) is 0 Å². The van der Waals surface area contributed by atoms with Gasteiger partial charge in [0.25, 0.3) is 5.82 Å². The van der Waals surface area contributed by atoms with Gasteiger partial charge in [0.05, 0.1) is 0 Å². The Kier molecular flexibility index (Phi) is 4.16. The molecule has 2 aromatic heterocycles. The number of hydrogen-bond acceptors (Lipinski definition) is 6. The second-order valence-corrected chi connectivity index (χ2v) is 5.76. The van der Waals surface area contributed by atoms with Crippen molar-refractivity contribution in [1.29, 1.82) is 0 Å². The summed E-state index contributed by atoms with van der Waals surface area (Å²) in [6.07, 6.45) is -3.38. The minimum Gasteiger partial charge on any atom is -0.441 e. The lowest BCUT2D eigenvalue weighted by atomic mass is 10.3. The summed E-state index contributed by atoms with van der Waals surface area (Å²) in [5.41, 5.74) is 1.50. The van der Waals surface area contributed by atoms with E-state index in [1.165, 1.54) is 0 Å². The van der Waals surface area contributed by atoms with E-state index in [2.05, 4.69) is 15.2 Å². The van der Waals surface area contributed by atoms with Crippen molar-refractivity contribution in [2.45, 2.75) is 24.2 Å². The molecule has 3 aromatic rings. The average molecular weight is 343 g/mol. The van der Waals surface area contributed by atoms with Gasteiger partial charge in [-0.15, -0.1) is 10.2 Å². The number of nitrogen functional groups attached to an aromatic ring is 1. The second kappa shape index (κ2) is 6.11. The zero-order valence-corrected chi connectivity index (χ0v) is 12.6. The van der Waals surface area contributed by atoms with Crippen LogP contribution in [0.3, 0.4) is 0 Å². The molecule has 2 N–H and O–H groups in total.